The maximum Gasteiger partial charge on any atom is 0.410 e. The van der Waals surface area contributed by atoms with Gasteiger partial charge in [-0.1, -0.05) is 66.7 Å². The van der Waals surface area contributed by atoms with Crippen molar-refractivity contribution in [2.75, 3.05) is 32.8 Å². The Morgan fingerprint density at radius 2 is 1.29 bits per heavy atom. The van der Waals surface area contributed by atoms with E-state index in [1.807, 2.05) is 66.7 Å². The van der Waals surface area contributed by atoms with Crippen molar-refractivity contribution in [1.29, 1.82) is 0 Å². The molecule has 1 saturated heterocycles. The first-order chi connectivity index (χ1) is 25.0. The Morgan fingerprint density at radius 3 is 1.90 bits per heavy atom. The van der Waals surface area contributed by atoms with Crippen molar-refractivity contribution < 1.29 is 33.4 Å². The van der Waals surface area contributed by atoms with Gasteiger partial charge in [-0.2, -0.15) is 0 Å². The van der Waals surface area contributed by atoms with Crippen LogP contribution in [0.4, 0.5) is 9.59 Å². The van der Waals surface area contributed by atoms with Crippen LogP contribution in [0.1, 0.15) is 61.0 Å². The SMILES string of the molecule is CC(C)(C)OC(=O)N1CCC(NC(=O)OCC2c3ccccc3-c3ccccc32)(C(=O)NCCNC(=O)c2ccc(Oc3ccccc3)cc2)CC1. The van der Waals surface area contributed by atoms with Gasteiger partial charge in [0.25, 0.3) is 5.91 Å². The fourth-order valence-corrected chi connectivity index (χ4v) is 6.56. The third kappa shape index (κ3) is 8.54. The van der Waals surface area contributed by atoms with E-state index in [2.05, 4.69) is 28.1 Å². The maximum atomic E-state index is 13.8. The molecule has 0 unspecified atom stereocenters. The Kier molecular flexibility index (Phi) is 10.8. The highest BCUT2D eigenvalue weighted by Gasteiger charge is 2.45. The first-order valence-electron chi connectivity index (χ1n) is 17.5. The van der Waals surface area contributed by atoms with Crippen molar-refractivity contribution >= 4 is 24.0 Å². The number of nitrogens with zero attached hydrogens (tertiary/aromatic N) is 1. The van der Waals surface area contributed by atoms with Crippen molar-refractivity contribution in [1.82, 2.24) is 20.9 Å². The average molecular weight is 705 g/mol. The Labute approximate surface area is 303 Å². The fraction of sp³-hybridized carbons (Fsp3) is 0.317. The average Bonchev–Trinajstić information content (AvgIpc) is 3.46. The van der Waals surface area contributed by atoms with Crippen LogP contribution in [0.25, 0.3) is 11.1 Å². The second kappa shape index (κ2) is 15.6. The minimum atomic E-state index is -1.35. The van der Waals surface area contributed by atoms with Crippen LogP contribution in [-0.2, 0) is 14.3 Å². The van der Waals surface area contributed by atoms with Crippen LogP contribution in [0.5, 0.6) is 11.5 Å². The van der Waals surface area contributed by atoms with Gasteiger partial charge in [0.15, 0.2) is 0 Å². The van der Waals surface area contributed by atoms with Crippen molar-refractivity contribution in [2.24, 2.45) is 0 Å². The molecule has 1 aliphatic heterocycles. The molecule has 4 aromatic carbocycles. The highest BCUT2D eigenvalue weighted by atomic mass is 16.6. The van der Waals surface area contributed by atoms with Gasteiger partial charge in [0.05, 0.1) is 0 Å². The molecule has 6 rings (SSSR count). The van der Waals surface area contributed by atoms with Crippen LogP contribution in [0.2, 0.25) is 0 Å². The van der Waals surface area contributed by atoms with Gasteiger partial charge in [0.1, 0.15) is 29.2 Å². The number of alkyl carbamates (subject to hydrolysis) is 1. The molecule has 11 heteroatoms. The molecule has 0 aromatic heterocycles. The van der Waals surface area contributed by atoms with Crippen molar-refractivity contribution in [3.63, 3.8) is 0 Å². The fourth-order valence-electron chi connectivity index (χ4n) is 6.56. The second-order valence-electron chi connectivity index (χ2n) is 14.0. The number of rotatable bonds is 10. The summed E-state index contributed by atoms with van der Waals surface area (Å²) in [5, 5.41) is 8.54. The molecule has 1 fully saturated rings. The Hall–Kier alpha value is -5.84. The van der Waals surface area contributed by atoms with Gasteiger partial charge in [0, 0.05) is 37.7 Å². The molecule has 4 amide bonds. The molecule has 11 nitrogen and oxygen atoms in total. The van der Waals surface area contributed by atoms with Gasteiger partial charge < -0.3 is 35.1 Å². The Morgan fingerprint density at radius 1 is 0.731 bits per heavy atom. The van der Waals surface area contributed by atoms with Gasteiger partial charge in [-0.05, 0) is 92.3 Å². The maximum absolute atomic E-state index is 13.8. The van der Waals surface area contributed by atoms with E-state index < -0.39 is 29.2 Å². The van der Waals surface area contributed by atoms with E-state index in [0.29, 0.717) is 17.1 Å². The van der Waals surface area contributed by atoms with Crippen LogP contribution < -0.4 is 20.7 Å². The lowest BCUT2D eigenvalue weighted by atomic mass is 9.86. The molecule has 4 aromatic rings. The third-order valence-corrected chi connectivity index (χ3v) is 9.18. The number of fused-ring (bicyclic) bond motifs is 3. The number of hydrogen-bond acceptors (Lipinski definition) is 7. The first-order valence-corrected chi connectivity index (χ1v) is 17.5. The van der Waals surface area contributed by atoms with E-state index in [1.54, 1.807) is 45.0 Å². The van der Waals surface area contributed by atoms with Gasteiger partial charge in [-0.15, -0.1) is 0 Å². The highest BCUT2D eigenvalue weighted by molar-refractivity contribution is 5.94. The van der Waals surface area contributed by atoms with Crippen LogP contribution in [0, 0.1) is 0 Å². The van der Waals surface area contributed by atoms with E-state index in [-0.39, 0.29) is 57.5 Å². The predicted molar refractivity (Wildman–Crippen MR) is 196 cm³/mol. The number of carbonyl (C=O) groups excluding carboxylic acids is 4. The van der Waals surface area contributed by atoms with E-state index in [0.717, 1.165) is 22.3 Å². The number of nitrogens with one attached hydrogen (secondary N) is 3. The normalized spacial score (nSPS) is 14.7. The molecule has 0 spiro atoms. The lowest BCUT2D eigenvalue weighted by molar-refractivity contribution is -0.129. The Bertz CT molecular complexity index is 1850. The molecule has 1 heterocycles. The van der Waals surface area contributed by atoms with Gasteiger partial charge >= 0.3 is 12.2 Å². The molecule has 2 aliphatic rings. The standard InChI is InChI=1S/C41H44N4O7/c1-40(2,3)52-39(49)45-25-21-41(22-26-45,44-38(48)50-27-35-33-15-9-7-13-31(33)32-14-8-10-16-34(32)35)37(47)43-24-23-42-36(46)28-17-19-30(20-18-28)51-29-11-5-4-6-12-29/h4-20,35H,21-27H2,1-3H3,(H,42,46)(H,43,47)(H,44,48). The van der Waals surface area contributed by atoms with Crippen LogP contribution in [0.15, 0.2) is 103 Å². The summed E-state index contributed by atoms with van der Waals surface area (Å²) in [6.07, 6.45) is -0.918. The zero-order chi connectivity index (χ0) is 36.7. The van der Waals surface area contributed by atoms with Gasteiger partial charge in [0.2, 0.25) is 5.91 Å². The lowest BCUT2D eigenvalue weighted by Crippen LogP contribution is -2.64. The minimum absolute atomic E-state index is 0.0903. The van der Waals surface area contributed by atoms with Gasteiger partial charge in [-0.3, -0.25) is 9.59 Å². The molecular formula is C41H44N4O7. The van der Waals surface area contributed by atoms with E-state index in [4.69, 9.17) is 14.2 Å². The number of likely N-dealkylation sites (tertiary alicyclic amines) is 1. The Balaban J connectivity index is 1.06. The monoisotopic (exact) mass is 704 g/mol. The van der Waals surface area contributed by atoms with Gasteiger partial charge in [-0.25, -0.2) is 9.59 Å². The summed E-state index contributed by atoms with van der Waals surface area (Å²) >= 11 is 0. The topological polar surface area (TPSA) is 135 Å². The molecule has 0 radical (unpaired) electrons. The van der Waals surface area contributed by atoms with Crippen LogP contribution in [-0.4, -0.2) is 72.8 Å². The van der Waals surface area contributed by atoms with E-state index >= 15 is 0 Å². The molecule has 3 N–H and O–H groups in total. The number of amides is 4. The number of para-hydroxylation sites is 1. The van der Waals surface area contributed by atoms with Crippen molar-refractivity contribution in [2.45, 2.75) is 50.7 Å². The zero-order valence-corrected chi connectivity index (χ0v) is 29.6. The van der Waals surface area contributed by atoms with Crippen molar-refractivity contribution in [3.8, 4) is 22.6 Å². The number of hydrogen-bond donors (Lipinski definition) is 3. The zero-order valence-electron chi connectivity index (χ0n) is 29.6. The quantitative estimate of drug-likeness (QED) is 0.158. The summed E-state index contributed by atoms with van der Waals surface area (Å²) in [4.78, 5) is 54.4. The van der Waals surface area contributed by atoms with Crippen molar-refractivity contribution in [3.05, 3.63) is 120 Å². The summed E-state index contributed by atoms with van der Waals surface area (Å²) < 4.78 is 17.1. The molecular weight excluding hydrogens is 660 g/mol. The number of benzene rings is 4. The van der Waals surface area contributed by atoms with Crippen LogP contribution in [0.3, 0.4) is 0 Å². The van der Waals surface area contributed by atoms with E-state index in [9.17, 15) is 19.2 Å². The summed E-state index contributed by atoms with van der Waals surface area (Å²) in [7, 11) is 0. The summed E-state index contributed by atoms with van der Waals surface area (Å²) in [5.74, 6) is 0.408. The number of piperidine rings is 1. The molecule has 0 saturated carbocycles. The summed E-state index contributed by atoms with van der Waals surface area (Å²) in [6.45, 7) is 6.10. The molecule has 0 atom stereocenters. The van der Waals surface area contributed by atoms with E-state index in [1.165, 1.54) is 4.90 Å². The lowest BCUT2D eigenvalue weighted by Gasteiger charge is -2.41. The summed E-state index contributed by atoms with van der Waals surface area (Å²) in [6, 6.07) is 32.2. The summed E-state index contributed by atoms with van der Waals surface area (Å²) in [5.41, 5.74) is 2.79. The minimum Gasteiger partial charge on any atom is -0.457 e. The number of carbonyl (C=O) groups is 4. The first kappa shape index (κ1) is 36.0. The predicted octanol–water partition coefficient (Wildman–Crippen LogP) is 6.63. The smallest absolute Gasteiger partial charge is 0.410 e. The molecule has 270 valence electrons. The largest absolute Gasteiger partial charge is 0.457 e. The highest BCUT2D eigenvalue weighted by Crippen LogP contribution is 2.44. The second-order valence-corrected chi connectivity index (χ2v) is 14.0. The number of ether oxygens (including phenoxy) is 3. The van der Waals surface area contributed by atoms with Crippen LogP contribution >= 0.6 is 0 Å². The molecule has 1 aliphatic carbocycles. The third-order valence-electron chi connectivity index (χ3n) is 9.18. The molecule has 0 bridgehead atoms. The molecule has 52 heavy (non-hydrogen) atoms.